The Morgan fingerprint density at radius 2 is 2.09 bits per heavy atom. The summed E-state index contributed by atoms with van der Waals surface area (Å²) >= 11 is 3.23. The van der Waals surface area contributed by atoms with Gasteiger partial charge >= 0.3 is 0 Å². The van der Waals surface area contributed by atoms with Crippen LogP contribution in [0.5, 0.6) is 11.5 Å². The minimum atomic E-state index is -0.188. The number of ether oxygens (including phenoxy) is 1. The molecule has 0 atom stereocenters. The Balaban J connectivity index is 1.91. The number of methoxy groups -OCH3 is 1. The lowest BCUT2D eigenvalue weighted by Gasteiger charge is -2.06. The van der Waals surface area contributed by atoms with Gasteiger partial charge in [0.25, 0.3) is 0 Å². The summed E-state index contributed by atoms with van der Waals surface area (Å²) < 4.78 is 5.61. The van der Waals surface area contributed by atoms with Crippen molar-refractivity contribution in [3.05, 3.63) is 58.1 Å². The summed E-state index contributed by atoms with van der Waals surface area (Å²) in [5.74, 6) is 0.422. The number of hydrogen-bond acceptors (Lipinski definition) is 4. The van der Waals surface area contributed by atoms with Gasteiger partial charge in [-0.3, -0.25) is 4.79 Å². The largest absolute Gasteiger partial charge is 0.506 e. The molecule has 6 heteroatoms. The maximum Gasteiger partial charge on any atom is 0.240 e. The fraction of sp³-hybridized carbons (Fsp3) is 0.176. The lowest BCUT2D eigenvalue weighted by Crippen LogP contribution is -2.17. The molecule has 0 bridgehead atoms. The van der Waals surface area contributed by atoms with Crippen LogP contribution in [0.15, 0.2) is 52.0 Å². The predicted octanol–water partition coefficient (Wildman–Crippen LogP) is 3.25. The van der Waals surface area contributed by atoms with Gasteiger partial charge in [-0.25, -0.2) is 5.43 Å². The molecule has 0 radical (unpaired) electrons. The predicted molar refractivity (Wildman–Crippen MR) is 92.9 cm³/mol. The number of hydrazone groups is 1. The number of nitrogens with zero attached hydrogens (tertiary/aromatic N) is 1. The van der Waals surface area contributed by atoms with Gasteiger partial charge in [-0.1, -0.05) is 30.3 Å². The summed E-state index contributed by atoms with van der Waals surface area (Å²) in [5.41, 5.74) is 3.99. The van der Waals surface area contributed by atoms with Gasteiger partial charge in [-0.2, -0.15) is 5.10 Å². The van der Waals surface area contributed by atoms with Crippen LogP contribution in [0, 0.1) is 0 Å². The molecule has 5 nitrogen and oxygen atoms in total. The number of carbonyl (C=O) groups excluding carboxylic acids is 1. The Hall–Kier alpha value is -2.34. The second-order valence-electron chi connectivity index (χ2n) is 4.83. The standard InChI is InChI=1S/C17H17BrN2O3/c1-23-14-9-13(17(22)15(18)10-14)11-19-20-16(21)8-7-12-5-3-2-4-6-12/h2-6,9-11,22H,7-8H2,1H3,(H,20,21)/b19-11-. The van der Waals surface area contributed by atoms with E-state index in [-0.39, 0.29) is 11.7 Å². The lowest BCUT2D eigenvalue weighted by molar-refractivity contribution is -0.121. The van der Waals surface area contributed by atoms with Crippen molar-refractivity contribution < 1.29 is 14.6 Å². The molecule has 120 valence electrons. The van der Waals surface area contributed by atoms with Gasteiger partial charge in [-0.15, -0.1) is 0 Å². The normalized spacial score (nSPS) is 10.7. The highest BCUT2D eigenvalue weighted by Crippen LogP contribution is 2.31. The van der Waals surface area contributed by atoms with Gasteiger partial charge in [0.1, 0.15) is 11.5 Å². The van der Waals surface area contributed by atoms with E-state index in [1.165, 1.54) is 13.3 Å². The van der Waals surface area contributed by atoms with Crippen molar-refractivity contribution >= 4 is 28.1 Å². The number of aryl methyl sites for hydroxylation is 1. The van der Waals surface area contributed by atoms with Crippen molar-refractivity contribution in [3.8, 4) is 11.5 Å². The molecule has 23 heavy (non-hydrogen) atoms. The van der Waals surface area contributed by atoms with Gasteiger partial charge in [0.05, 0.1) is 17.8 Å². The maximum atomic E-state index is 11.8. The van der Waals surface area contributed by atoms with Crippen molar-refractivity contribution in [1.82, 2.24) is 5.43 Å². The van der Waals surface area contributed by atoms with Crippen LogP contribution in [-0.2, 0) is 11.2 Å². The van der Waals surface area contributed by atoms with E-state index in [0.29, 0.717) is 28.6 Å². The molecule has 0 saturated carbocycles. The van der Waals surface area contributed by atoms with Crippen LogP contribution < -0.4 is 10.2 Å². The molecule has 2 N–H and O–H groups in total. The molecule has 0 saturated heterocycles. The molecule has 0 spiro atoms. The summed E-state index contributed by atoms with van der Waals surface area (Å²) in [6, 6.07) is 13.0. The smallest absolute Gasteiger partial charge is 0.240 e. The average Bonchev–Trinajstić information content (AvgIpc) is 2.57. The first-order valence-corrected chi connectivity index (χ1v) is 7.82. The third kappa shape index (κ3) is 5.10. The van der Waals surface area contributed by atoms with Crippen LogP contribution in [0.4, 0.5) is 0 Å². The molecule has 0 aliphatic rings. The first kappa shape index (κ1) is 17.0. The van der Waals surface area contributed by atoms with Crippen LogP contribution in [0.25, 0.3) is 0 Å². The number of amides is 1. The molecule has 0 aliphatic heterocycles. The van der Waals surface area contributed by atoms with E-state index in [2.05, 4.69) is 26.5 Å². The van der Waals surface area contributed by atoms with E-state index in [1.807, 2.05) is 30.3 Å². The Bertz CT molecular complexity index is 702. The monoisotopic (exact) mass is 376 g/mol. The minimum absolute atomic E-state index is 0.0353. The van der Waals surface area contributed by atoms with Gasteiger partial charge in [0.15, 0.2) is 0 Å². The van der Waals surface area contributed by atoms with Gasteiger partial charge in [-0.05, 0) is 40.0 Å². The zero-order valence-corrected chi connectivity index (χ0v) is 14.2. The topological polar surface area (TPSA) is 70.9 Å². The number of hydrogen-bond donors (Lipinski definition) is 2. The Kier molecular flexibility index (Phi) is 6.17. The molecule has 0 heterocycles. The molecule has 2 aromatic carbocycles. The molecular weight excluding hydrogens is 360 g/mol. The number of phenolic OH excluding ortho intramolecular Hbond substituents is 1. The van der Waals surface area contributed by atoms with Crippen LogP contribution in [0.1, 0.15) is 17.5 Å². The van der Waals surface area contributed by atoms with Crippen LogP contribution in [-0.4, -0.2) is 24.3 Å². The van der Waals surface area contributed by atoms with E-state index in [0.717, 1.165) is 5.56 Å². The van der Waals surface area contributed by atoms with Gasteiger partial charge < -0.3 is 9.84 Å². The molecule has 0 aromatic heterocycles. The van der Waals surface area contributed by atoms with Crippen LogP contribution in [0.2, 0.25) is 0 Å². The van der Waals surface area contributed by atoms with E-state index >= 15 is 0 Å². The van der Waals surface area contributed by atoms with E-state index in [4.69, 9.17) is 4.74 Å². The van der Waals surface area contributed by atoms with Crippen LogP contribution in [0.3, 0.4) is 0 Å². The molecule has 2 aromatic rings. The number of rotatable bonds is 6. The zero-order valence-electron chi connectivity index (χ0n) is 12.6. The number of carbonyl (C=O) groups is 1. The lowest BCUT2D eigenvalue weighted by atomic mass is 10.1. The number of benzene rings is 2. The fourth-order valence-electron chi connectivity index (χ4n) is 1.94. The Morgan fingerprint density at radius 1 is 1.35 bits per heavy atom. The molecule has 1 amide bonds. The number of halogens is 1. The second-order valence-corrected chi connectivity index (χ2v) is 5.68. The van der Waals surface area contributed by atoms with E-state index in [9.17, 15) is 9.90 Å². The van der Waals surface area contributed by atoms with Crippen molar-refractivity contribution in [2.45, 2.75) is 12.8 Å². The highest BCUT2D eigenvalue weighted by atomic mass is 79.9. The average molecular weight is 377 g/mol. The molecule has 0 fully saturated rings. The summed E-state index contributed by atoms with van der Waals surface area (Å²) in [4.78, 5) is 11.8. The molecule has 0 aliphatic carbocycles. The minimum Gasteiger partial charge on any atom is -0.506 e. The molecule has 2 rings (SSSR count). The van der Waals surface area contributed by atoms with Crippen LogP contribution >= 0.6 is 15.9 Å². The maximum absolute atomic E-state index is 11.8. The summed E-state index contributed by atoms with van der Waals surface area (Å²) in [5, 5.41) is 13.8. The second kappa shape index (κ2) is 8.33. The first-order valence-electron chi connectivity index (χ1n) is 7.02. The SMILES string of the molecule is COc1cc(Br)c(O)c(/C=N\NC(=O)CCc2ccccc2)c1. The first-order chi connectivity index (χ1) is 11.1. The third-order valence-corrected chi connectivity index (χ3v) is 3.78. The zero-order chi connectivity index (χ0) is 16.7. The van der Waals surface area contributed by atoms with Crippen molar-refractivity contribution in [2.24, 2.45) is 5.10 Å². The van der Waals surface area contributed by atoms with Crippen molar-refractivity contribution in [1.29, 1.82) is 0 Å². The highest BCUT2D eigenvalue weighted by Gasteiger charge is 2.07. The van der Waals surface area contributed by atoms with E-state index < -0.39 is 0 Å². The number of aromatic hydroxyl groups is 1. The van der Waals surface area contributed by atoms with Gasteiger partial charge in [0, 0.05) is 12.0 Å². The summed E-state index contributed by atoms with van der Waals surface area (Å²) in [6.07, 6.45) is 2.37. The van der Waals surface area contributed by atoms with Crippen molar-refractivity contribution in [3.63, 3.8) is 0 Å². The van der Waals surface area contributed by atoms with E-state index in [1.54, 1.807) is 12.1 Å². The quantitative estimate of drug-likeness (QED) is 0.600. The highest BCUT2D eigenvalue weighted by molar-refractivity contribution is 9.10. The fourth-order valence-corrected chi connectivity index (χ4v) is 2.40. The third-order valence-electron chi connectivity index (χ3n) is 3.18. The number of phenols is 1. The molecule has 0 unspecified atom stereocenters. The Morgan fingerprint density at radius 3 is 2.78 bits per heavy atom. The summed E-state index contributed by atoms with van der Waals surface area (Å²) in [7, 11) is 1.53. The number of nitrogens with one attached hydrogen (secondary N) is 1. The molecular formula is C17H17BrN2O3. The Labute approximate surface area is 143 Å². The van der Waals surface area contributed by atoms with Gasteiger partial charge in [0.2, 0.25) is 5.91 Å². The summed E-state index contributed by atoms with van der Waals surface area (Å²) in [6.45, 7) is 0. The van der Waals surface area contributed by atoms with Crippen molar-refractivity contribution in [2.75, 3.05) is 7.11 Å².